The number of aromatic nitrogens is 4. The Morgan fingerprint density at radius 1 is 0.622 bits per heavy atom. The molecule has 0 aliphatic carbocycles. The lowest BCUT2D eigenvalue weighted by atomic mass is 10.1. The Labute approximate surface area is 265 Å². The van der Waals surface area contributed by atoms with Crippen molar-refractivity contribution in [2.75, 3.05) is 75.4 Å². The number of benzene rings is 2. The van der Waals surface area contributed by atoms with Crippen LogP contribution in [-0.2, 0) is 0 Å². The first-order valence-corrected chi connectivity index (χ1v) is 15.8. The zero-order valence-electron chi connectivity index (χ0n) is 26.1. The Bertz CT molecular complexity index is 1390. The summed E-state index contributed by atoms with van der Waals surface area (Å²) in [5, 5.41) is 6.85. The summed E-state index contributed by atoms with van der Waals surface area (Å²) in [5.74, 6) is 4.01. The summed E-state index contributed by atoms with van der Waals surface area (Å²) < 4.78 is 18.6. The minimum Gasteiger partial charge on any atom is -0.493 e. The molecule has 6 rings (SSSR count). The van der Waals surface area contributed by atoms with E-state index in [0.29, 0.717) is 36.6 Å². The molecule has 2 aliphatic heterocycles. The van der Waals surface area contributed by atoms with Gasteiger partial charge in [0.2, 0.25) is 0 Å². The first-order valence-electron chi connectivity index (χ1n) is 15.8. The number of ether oxygens (including phenoxy) is 3. The summed E-state index contributed by atoms with van der Waals surface area (Å²) in [6.45, 7) is 11.9. The second-order valence-corrected chi connectivity index (χ2v) is 11.5. The molecule has 4 heterocycles. The molecule has 0 bridgehead atoms. The third-order valence-corrected chi connectivity index (χ3v) is 8.00. The van der Waals surface area contributed by atoms with E-state index in [1.165, 1.54) is 0 Å². The molecule has 0 radical (unpaired) electrons. The number of hydrogen-bond donors (Lipinski definition) is 2. The predicted molar refractivity (Wildman–Crippen MR) is 175 cm³/mol. The zero-order valence-corrected chi connectivity index (χ0v) is 26.1. The van der Waals surface area contributed by atoms with Crippen molar-refractivity contribution in [1.82, 2.24) is 30.6 Å². The Balaban J connectivity index is 1.25. The van der Waals surface area contributed by atoms with Gasteiger partial charge in [-0.1, -0.05) is 50.2 Å². The second-order valence-electron chi connectivity index (χ2n) is 11.5. The normalized spacial score (nSPS) is 16.6. The van der Waals surface area contributed by atoms with Crippen molar-refractivity contribution in [3.8, 4) is 23.3 Å². The predicted octanol–water partition coefficient (Wildman–Crippen LogP) is 4.24. The van der Waals surface area contributed by atoms with Crippen molar-refractivity contribution < 1.29 is 14.2 Å². The highest BCUT2D eigenvalue weighted by Gasteiger charge is 2.26. The summed E-state index contributed by atoms with van der Waals surface area (Å²) in [5.41, 5.74) is 1.70. The fourth-order valence-corrected chi connectivity index (χ4v) is 5.29. The molecule has 2 atom stereocenters. The summed E-state index contributed by atoms with van der Waals surface area (Å²) in [6.07, 6.45) is 3.57. The quantitative estimate of drug-likeness (QED) is 0.240. The van der Waals surface area contributed by atoms with Crippen LogP contribution in [0.5, 0.6) is 23.3 Å². The van der Waals surface area contributed by atoms with Gasteiger partial charge in [0.15, 0.2) is 11.6 Å². The van der Waals surface area contributed by atoms with E-state index in [4.69, 9.17) is 34.1 Å². The first-order chi connectivity index (χ1) is 22.1. The highest BCUT2D eigenvalue weighted by molar-refractivity contribution is 5.55. The van der Waals surface area contributed by atoms with Gasteiger partial charge in [0, 0.05) is 64.2 Å². The standard InChI is InChI=1S/C34H42N8O3/c1-25(23-43-27-9-5-3-6-10-27)29-21-37-33(31(39-29)41-17-13-35-14-18-41)45-34-32(42-19-15-36-16-20-42)40-30(22-38-34)26(2)24-44-28-11-7-4-8-12-28/h3-12,21-22,25-26,35-36H,13-20,23-24H2,1-2H3. The number of hydrogen-bond acceptors (Lipinski definition) is 11. The van der Waals surface area contributed by atoms with Crippen LogP contribution >= 0.6 is 0 Å². The molecule has 45 heavy (non-hydrogen) atoms. The lowest BCUT2D eigenvalue weighted by Crippen LogP contribution is -2.44. The molecule has 2 saturated heterocycles. The van der Waals surface area contributed by atoms with Crippen LogP contribution in [0.25, 0.3) is 0 Å². The van der Waals surface area contributed by atoms with E-state index in [0.717, 1.165) is 75.2 Å². The number of anilines is 2. The van der Waals surface area contributed by atoms with Crippen molar-refractivity contribution >= 4 is 11.6 Å². The van der Waals surface area contributed by atoms with Gasteiger partial charge in [-0.3, -0.25) is 0 Å². The van der Waals surface area contributed by atoms with E-state index in [1.54, 1.807) is 12.4 Å². The molecule has 2 aromatic carbocycles. The Morgan fingerprint density at radius 2 is 1.02 bits per heavy atom. The van der Waals surface area contributed by atoms with E-state index in [9.17, 15) is 0 Å². The summed E-state index contributed by atoms with van der Waals surface area (Å²) in [6, 6.07) is 19.7. The molecule has 4 aromatic rings. The van der Waals surface area contributed by atoms with Crippen LogP contribution < -0.4 is 34.6 Å². The molecule has 2 aromatic heterocycles. The van der Waals surface area contributed by atoms with Crippen LogP contribution in [0.2, 0.25) is 0 Å². The number of rotatable bonds is 12. The average molecular weight is 611 g/mol. The van der Waals surface area contributed by atoms with Crippen molar-refractivity contribution in [2.24, 2.45) is 0 Å². The maximum absolute atomic E-state index is 6.54. The van der Waals surface area contributed by atoms with Gasteiger partial charge in [-0.2, -0.15) is 0 Å². The van der Waals surface area contributed by atoms with Crippen molar-refractivity contribution in [3.63, 3.8) is 0 Å². The fourth-order valence-electron chi connectivity index (χ4n) is 5.29. The molecule has 2 N–H and O–H groups in total. The van der Waals surface area contributed by atoms with Gasteiger partial charge in [-0.05, 0) is 24.3 Å². The molecule has 2 aliphatic rings. The third kappa shape index (κ3) is 7.98. The van der Waals surface area contributed by atoms with Crippen molar-refractivity contribution in [3.05, 3.63) is 84.4 Å². The fraction of sp³-hybridized carbons (Fsp3) is 0.412. The van der Waals surface area contributed by atoms with Gasteiger partial charge >= 0.3 is 0 Å². The minimum absolute atomic E-state index is 0.0310. The molecule has 0 spiro atoms. The smallest absolute Gasteiger partial charge is 0.264 e. The zero-order chi connectivity index (χ0) is 30.8. The highest BCUT2D eigenvalue weighted by atomic mass is 16.5. The third-order valence-electron chi connectivity index (χ3n) is 8.00. The van der Waals surface area contributed by atoms with E-state index >= 15 is 0 Å². The summed E-state index contributed by atoms with van der Waals surface area (Å²) in [4.78, 5) is 24.2. The van der Waals surface area contributed by atoms with Gasteiger partial charge in [-0.15, -0.1) is 0 Å². The van der Waals surface area contributed by atoms with Gasteiger partial charge in [0.25, 0.3) is 11.8 Å². The Hall–Kier alpha value is -4.48. The summed E-state index contributed by atoms with van der Waals surface area (Å²) >= 11 is 0. The van der Waals surface area contributed by atoms with E-state index in [-0.39, 0.29) is 11.8 Å². The van der Waals surface area contributed by atoms with Crippen LogP contribution in [0, 0.1) is 0 Å². The molecule has 236 valence electrons. The van der Waals surface area contributed by atoms with E-state index < -0.39 is 0 Å². The first kappa shape index (κ1) is 30.5. The minimum atomic E-state index is 0.0310. The van der Waals surface area contributed by atoms with Gasteiger partial charge in [0.05, 0.1) is 37.0 Å². The molecular formula is C34H42N8O3. The molecule has 11 nitrogen and oxygen atoms in total. The Kier molecular flexibility index (Phi) is 10.2. The van der Waals surface area contributed by atoms with Crippen LogP contribution in [0.4, 0.5) is 11.6 Å². The molecule has 2 unspecified atom stereocenters. The maximum Gasteiger partial charge on any atom is 0.264 e. The molecule has 2 fully saturated rings. The number of piperazine rings is 2. The van der Waals surface area contributed by atoms with Gasteiger partial charge < -0.3 is 34.6 Å². The van der Waals surface area contributed by atoms with Gasteiger partial charge in [0.1, 0.15) is 11.5 Å². The monoisotopic (exact) mass is 610 g/mol. The number of nitrogens with one attached hydrogen (secondary N) is 2. The average Bonchev–Trinajstić information content (AvgIpc) is 3.11. The van der Waals surface area contributed by atoms with Gasteiger partial charge in [-0.25, -0.2) is 19.9 Å². The molecule has 0 amide bonds. The second kappa shape index (κ2) is 15.0. The van der Waals surface area contributed by atoms with Crippen molar-refractivity contribution in [2.45, 2.75) is 25.7 Å². The molecule has 0 saturated carbocycles. The lowest BCUT2D eigenvalue weighted by Gasteiger charge is -2.31. The number of para-hydroxylation sites is 2. The lowest BCUT2D eigenvalue weighted by molar-refractivity contribution is 0.293. The number of nitrogens with zero attached hydrogens (tertiary/aromatic N) is 6. The SMILES string of the molecule is CC(COc1ccccc1)c1cnc(Oc2ncc(C(C)COc3ccccc3)nc2N2CCNCC2)c(N2CCNCC2)n1. The van der Waals surface area contributed by atoms with Crippen LogP contribution in [0.15, 0.2) is 73.1 Å². The highest BCUT2D eigenvalue weighted by Crippen LogP contribution is 2.35. The topological polar surface area (TPSA) is 110 Å². The largest absolute Gasteiger partial charge is 0.493 e. The molecule has 11 heteroatoms. The van der Waals surface area contributed by atoms with Crippen LogP contribution in [-0.4, -0.2) is 85.5 Å². The van der Waals surface area contributed by atoms with Crippen LogP contribution in [0.3, 0.4) is 0 Å². The van der Waals surface area contributed by atoms with Crippen LogP contribution in [0.1, 0.15) is 37.1 Å². The Morgan fingerprint density at radius 3 is 1.42 bits per heavy atom. The van der Waals surface area contributed by atoms with Crippen molar-refractivity contribution in [1.29, 1.82) is 0 Å². The summed E-state index contributed by atoms with van der Waals surface area (Å²) in [7, 11) is 0. The molecular weight excluding hydrogens is 568 g/mol. The van der Waals surface area contributed by atoms with E-state index in [1.807, 2.05) is 60.7 Å². The maximum atomic E-state index is 6.54. The van der Waals surface area contributed by atoms with E-state index in [2.05, 4.69) is 34.3 Å².